The van der Waals surface area contributed by atoms with Gasteiger partial charge in [-0.2, -0.15) is 5.10 Å². The Labute approximate surface area is 156 Å². The van der Waals surface area contributed by atoms with Crippen LogP contribution in [-0.2, 0) is 13.1 Å². The average Bonchev–Trinajstić information content (AvgIpc) is 3.28. The number of benzene rings is 1. The second kappa shape index (κ2) is 7.55. The summed E-state index contributed by atoms with van der Waals surface area (Å²) in [7, 11) is 0. The van der Waals surface area contributed by atoms with E-state index in [0.717, 1.165) is 48.0 Å². The lowest BCUT2D eigenvalue weighted by atomic mass is 9.99. The van der Waals surface area contributed by atoms with Gasteiger partial charge in [-0.05, 0) is 26.3 Å². The van der Waals surface area contributed by atoms with Crippen molar-refractivity contribution in [2.24, 2.45) is 0 Å². The molecule has 0 aliphatic carbocycles. The number of rotatable bonds is 5. The predicted octanol–water partition coefficient (Wildman–Crippen LogP) is 2.70. The third-order valence-electron chi connectivity index (χ3n) is 4.81. The maximum Gasteiger partial charge on any atom is 0.346 e. The van der Waals surface area contributed by atoms with Crippen molar-refractivity contribution in [2.45, 2.75) is 38.8 Å². The molecule has 1 atom stereocenters. The number of thiazole rings is 1. The molecule has 1 N–H and O–H groups in total. The number of nitrogens with one attached hydrogen (secondary N) is 1. The number of piperidine rings is 1. The van der Waals surface area contributed by atoms with Crippen molar-refractivity contribution in [1.29, 1.82) is 0 Å². The predicted molar refractivity (Wildman–Crippen MR) is 104 cm³/mol. The smallest absolute Gasteiger partial charge is 0.316 e. The van der Waals surface area contributed by atoms with Crippen LogP contribution < -0.4 is 11.0 Å². The van der Waals surface area contributed by atoms with Gasteiger partial charge in [-0.3, -0.25) is 4.57 Å². The summed E-state index contributed by atoms with van der Waals surface area (Å²) in [5.74, 6) is 1.22. The fourth-order valence-corrected chi connectivity index (χ4v) is 4.30. The fourth-order valence-electron chi connectivity index (χ4n) is 3.48. The monoisotopic (exact) mass is 369 g/mol. The molecule has 0 saturated carbocycles. The molecule has 26 heavy (non-hydrogen) atoms. The Morgan fingerprint density at radius 2 is 2.15 bits per heavy atom. The highest BCUT2D eigenvalue weighted by Gasteiger charge is 2.23. The molecule has 7 heteroatoms. The van der Waals surface area contributed by atoms with Gasteiger partial charge >= 0.3 is 5.69 Å². The van der Waals surface area contributed by atoms with Gasteiger partial charge in [0.25, 0.3) is 0 Å². The van der Waals surface area contributed by atoms with Gasteiger partial charge in [0.05, 0.1) is 12.2 Å². The van der Waals surface area contributed by atoms with Gasteiger partial charge in [-0.1, -0.05) is 30.3 Å². The summed E-state index contributed by atoms with van der Waals surface area (Å²) in [6, 6.07) is 10.1. The number of hydrogen-bond acceptors (Lipinski definition) is 5. The summed E-state index contributed by atoms with van der Waals surface area (Å²) in [6.45, 7) is 5.02. The molecule has 3 heterocycles. The molecule has 1 aliphatic rings. The van der Waals surface area contributed by atoms with Crippen molar-refractivity contribution in [1.82, 2.24) is 24.6 Å². The zero-order valence-electron chi connectivity index (χ0n) is 14.9. The van der Waals surface area contributed by atoms with Gasteiger partial charge in [0, 0.05) is 30.0 Å². The molecule has 1 fully saturated rings. The van der Waals surface area contributed by atoms with E-state index in [1.54, 1.807) is 16.0 Å². The minimum atomic E-state index is -0.0395. The normalized spacial score (nSPS) is 17.5. The Hall–Kier alpha value is -2.25. The van der Waals surface area contributed by atoms with Gasteiger partial charge in [0.2, 0.25) is 0 Å². The van der Waals surface area contributed by atoms with E-state index >= 15 is 0 Å². The van der Waals surface area contributed by atoms with Gasteiger partial charge in [0.1, 0.15) is 10.8 Å². The molecular weight excluding hydrogens is 346 g/mol. The van der Waals surface area contributed by atoms with Crippen LogP contribution in [0.4, 0.5) is 0 Å². The molecule has 0 bridgehead atoms. The lowest BCUT2D eigenvalue weighted by Gasteiger charge is -2.21. The minimum Gasteiger partial charge on any atom is -0.316 e. The van der Waals surface area contributed by atoms with E-state index in [0.29, 0.717) is 19.0 Å². The van der Waals surface area contributed by atoms with E-state index in [9.17, 15) is 4.79 Å². The minimum absolute atomic E-state index is 0.0395. The van der Waals surface area contributed by atoms with Crippen molar-refractivity contribution in [2.75, 3.05) is 13.1 Å². The number of hydrogen-bond donors (Lipinski definition) is 1. The molecular formula is C19H23N5OS. The topological polar surface area (TPSA) is 64.7 Å². The van der Waals surface area contributed by atoms with E-state index in [1.807, 2.05) is 35.1 Å². The van der Waals surface area contributed by atoms with E-state index in [-0.39, 0.29) is 5.69 Å². The molecule has 3 aromatic rings. The van der Waals surface area contributed by atoms with Gasteiger partial charge in [-0.15, -0.1) is 11.3 Å². The maximum atomic E-state index is 12.8. The van der Waals surface area contributed by atoms with E-state index in [2.05, 4.69) is 22.5 Å². The summed E-state index contributed by atoms with van der Waals surface area (Å²) in [5, 5.41) is 11.1. The van der Waals surface area contributed by atoms with Crippen molar-refractivity contribution in [3.05, 3.63) is 57.7 Å². The Balaban J connectivity index is 1.60. The highest BCUT2D eigenvalue weighted by molar-refractivity contribution is 7.13. The average molecular weight is 369 g/mol. The van der Waals surface area contributed by atoms with E-state index in [1.165, 1.54) is 0 Å². The third kappa shape index (κ3) is 3.37. The first-order valence-electron chi connectivity index (χ1n) is 9.14. The van der Waals surface area contributed by atoms with Crippen LogP contribution in [0.25, 0.3) is 10.6 Å². The summed E-state index contributed by atoms with van der Waals surface area (Å²) < 4.78 is 3.37. The van der Waals surface area contributed by atoms with E-state index < -0.39 is 0 Å². The van der Waals surface area contributed by atoms with Crippen LogP contribution in [-0.4, -0.2) is 32.4 Å². The first-order valence-corrected chi connectivity index (χ1v) is 10.0. The Bertz CT molecular complexity index is 921. The summed E-state index contributed by atoms with van der Waals surface area (Å²) in [4.78, 5) is 17.5. The number of nitrogens with zero attached hydrogens (tertiary/aromatic N) is 4. The highest BCUT2D eigenvalue weighted by Crippen LogP contribution is 2.24. The lowest BCUT2D eigenvalue weighted by Crippen LogP contribution is -2.31. The molecule has 1 aliphatic heterocycles. The number of aromatic nitrogens is 4. The fraction of sp³-hybridized carbons (Fsp3) is 0.421. The summed E-state index contributed by atoms with van der Waals surface area (Å²) >= 11 is 1.60. The SMILES string of the molecule is CCn1c(C2CCCNC2)nn(Cc2csc(-c3ccccc3)n2)c1=O. The highest BCUT2D eigenvalue weighted by atomic mass is 32.1. The van der Waals surface area contributed by atoms with Crippen LogP contribution in [0.1, 0.15) is 37.2 Å². The standard InChI is InChI=1S/C19H23N5OS/c1-2-23-17(15-9-6-10-20-11-15)22-24(19(23)25)12-16-13-26-18(21-16)14-7-4-3-5-8-14/h3-5,7-8,13,15,20H,2,6,9-12H2,1H3. The Kier molecular flexibility index (Phi) is 4.99. The molecule has 4 rings (SSSR count). The van der Waals surface area contributed by atoms with Crippen molar-refractivity contribution in [3.8, 4) is 10.6 Å². The van der Waals surface area contributed by atoms with Crippen LogP contribution in [0.5, 0.6) is 0 Å². The van der Waals surface area contributed by atoms with Crippen LogP contribution in [0.3, 0.4) is 0 Å². The van der Waals surface area contributed by atoms with Crippen molar-refractivity contribution in [3.63, 3.8) is 0 Å². The molecule has 2 aromatic heterocycles. The molecule has 0 radical (unpaired) electrons. The maximum absolute atomic E-state index is 12.8. The van der Waals surface area contributed by atoms with Crippen molar-refractivity contribution >= 4 is 11.3 Å². The largest absolute Gasteiger partial charge is 0.346 e. The van der Waals surface area contributed by atoms with Crippen LogP contribution in [0, 0.1) is 0 Å². The molecule has 136 valence electrons. The van der Waals surface area contributed by atoms with Crippen molar-refractivity contribution < 1.29 is 0 Å². The first kappa shape index (κ1) is 17.2. The van der Waals surface area contributed by atoms with Gasteiger partial charge in [0.15, 0.2) is 0 Å². The second-order valence-corrected chi connectivity index (χ2v) is 7.45. The molecule has 1 aromatic carbocycles. The molecule has 0 amide bonds. The van der Waals surface area contributed by atoms with Gasteiger partial charge in [-0.25, -0.2) is 14.5 Å². The summed E-state index contributed by atoms with van der Waals surface area (Å²) in [5.41, 5.74) is 1.94. The molecule has 0 spiro atoms. The first-order chi connectivity index (χ1) is 12.8. The van der Waals surface area contributed by atoms with Crippen LogP contribution in [0.15, 0.2) is 40.5 Å². The molecule has 1 unspecified atom stereocenters. The summed E-state index contributed by atoms with van der Waals surface area (Å²) in [6.07, 6.45) is 2.21. The Morgan fingerprint density at radius 1 is 1.31 bits per heavy atom. The van der Waals surface area contributed by atoms with Crippen LogP contribution in [0.2, 0.25) is 0 Å². The lowest BCUT2D eigenvalue weighted by molar-refractivity contribution is 0.431. The Morgan fingerprint density at radius 3 is 2.88 bits per heavy atom. The van der Waals surface area contributed by atoms with E-state index in [4.69, 9.17) is 4.98 Å². The third-order valence-corrected chi connectivity index (χ3v) is 5.75. The van der Waals surface area contributed by atoms with Gasteiger partial charge < -0.3 is 5.32 Å². The second-order valence-electron chi connectivity index (χ2n) is 6.60. The molecule has 1 saturated heterocycles. The zero-order chi connectivity index (χ0) is 17.9. The van der Waals surface area contributed by atoms with Crippen LogP contribution >= 0.6 is 11.3 Å². The zero-order valence-corrected chi connectivity index (χ0v) is 15.7. The quantitative estimate of drug-likeness (QED) is 0.751. The molecule has 6 nitrogen and oxygen atoms in total.